The first-order valence-corrected chi connectivity index (χ1v) is 23.6. The molecular formula is C50H76F2O5. The van der Waals surface area contributed by atoms with Crippen LogP contribution in [0.25, 0.3) is 0 Å². The second kappa shape index (κ2) is 24.4. The Labute approximate surface area is 344 Å². The third-order valence-corrected chi connectivity index (χ3v) is 13.9. The minimum Gasteiger partial charge on any atom is -0.381 e. The van der Waals surface area contributed by atoms with Gasteiger partial charge in [0.2, 0.25) is 0 Å². The summed E-state index contributed by atoms with van der Waals surface area (Å²) in [7, 11) is 0. The molecule has 4 fully saturated rings. The Bertz CT molecular complexity index is 1300. The Morgan fingerprint density at radius 1 is 0.491 bits per heavy atom. The van der Waals surface area contributed by atoms with Crippen molar-refractivity contribution in [2.45, 2.75) is 168 Å². The lowest BCUT2D eigenvalue weighted by atomic mass is 9.79. The van der Waals surface area contributed by atoms with E-state index in [2.05, 4.69) is 26.0 Å². The van der Waals surface area contributed by atoms with Gasteiger partial charge in [0.25, 0.3) is 0 Å². The molecule has 0 unspecified atom stereocenters. The van der Waals surface area contributed by atoms with Crippen LogP contribution in [0.5, 0.6) is 0 Å². The number of halogens is 2. The third kappa shape index (κ3) is 14.7. The van der Waals surface area contributed by atoms with Crippen LogP contribution >= 0.6 is 0 Å². The maximum absolute atomic E-state index is 15.0. The van der Waals surface area contributed by atoms with Crippen LogP contribution in [-0.2, 0) is 49.4 Å². The molecule has 2 aromatic carbocycles. The zero-order valence-electron chi connectivity index (χ0n) is 35.7. The van der Waals surface area contributed by atoms with E-state index in [0.29, 0.717) is 72.7 Å². The molecule has 2 saturated carbocycles. The third-order valence-electron chi connectivity index (χ3n) is 13.9. The van der Waals surface area contributed by atoms with Gasteiger partial charge in [-0.15, -0.1) is 0 Å². The smallest absolute Gasteiger partial charge is 0.160 e. The molecule has 2 aliphatic heterocycles. The minimum atomic E-state index is -0.146. The van der Waals surface area contributed by atoms with Crippen LogP contribution in [0.4, 0.5) is 8.78 Å². The summed E-state index contributed by atoms with van der Waals surface area (Å²) in [6.07, 6.45) is 24.6. The standard InChI is InChI=1S/C50H76F2O5/c1-3-5-7-9-41-33-54-49(55-34-41)45-23-15-37(16-24-45)11-13-39-19-21-43(47(51)31-39)27-29-53-30-28-44-22-20-40(32-48(44)52)14-12-38-17-25-46(26-18-38)50-56-35-42(36-57-50)10-8-6-4-2/h19-22,31-32,37-38,41-42,45-46,49-50H,3-18,23-30,33-36H2,1-2H3. The molecule has 4 aliphatic rings. The molecule has 2 heterocycles. The zero-order chi connectivity index (χ0) is 39.7. The van der Waals surface area contributed by atoms with Crippen molar-refractivity contribution in [3.05, 3.63) is 70.3 Å². The molecule has 2 saturated heterocycles. The molecule has 0 aromatic heterocycles. The van der Waals surface area contributed by atoms with E-state index in [1.165, 1.54) is 77.0 Å². The van der Waals surface area contributed by atoms with E-state index >= 15 is 8.78 Å². The summed E-state index contributed by atoms with van der Waals surface area (Å²) in [6.45, 7) is 8.76. The predicted octanol–water partition coefficient (Wildman–Crippen LogP) is 12.4. The average Bonchev–Trinajstić information content (AvgIpc) is 3.24. The highest BCUT2D eigenvalue weighted by molar-refractivity contribution is 5.26. The molecule has 5 nitrogen and oxygen atoms in total. The van der Waals surface area contributed by atoms with Crippen LogP contribution in [0.3, 0.4) is 0 Å². The van der Waals surface area contributed by atoms with Crippen molar-refractivity contribution < 1.29 is 32.5 Å². The highest BCUT2D eigenvalue weighted by Crippen LogP contribution is 2.38. The second-order valence-electron chi connectivity index (χ2n) is 18.4. The summed E-state index contributed by atoms with van der Waals surface area (Å²) in [5.41, 5.74) is 3.52. The summed E-state index contributed by atoms with van der Waals surface area (Å²) in [5, 5.41) is 0. The Hall–Kier alpha value is -1.90. The molecule has 0 spiro atoms. The number of hydrogen-bond donors (Lipinski definition) is 0. The molecule has 0 radical (unpaired) electrons. The SMILES string of the molecule is CCCCCC1COC(C2CCC(CCc3ccc(CCOCCc4ccc(CCC5CCC(C6OCC(CCCCC)CO6)CC5)cc4F)c(F)c3)CC2)OC1. The van der Waals surface area contributed by atoms with Crippen molar-refractivity contribution in [2.24, 2.45) is 35.5 Å². The Morgan fingerprint density at radius 2 is 0.895 bits per heavy atom. The van der Waals surface area contributed by atoms with Crippen molar-refractivity contribution in [3.8, 4) is 0 Å². The molecule has 57 heavy (non-hydrogen) atoms. The van der Waals surface area contributed by atoms with Crippen molar-refractivity contribution in [1.82, 2.24) is 0 Å². The fraction of sp³-hybridized carbons (Fsp3) is 0.760. The maximum Gasteiger partial charge on any atom is 0.160 e. The van der Waals surface area contributed by atoms with E-state index in [-0.39, 0.29) is 24.2 Å². The Kier molecular flexibility index (Phi) is 19.1. The highest BCUT2D eigenvalue weighted by atomic mass is 19.1. The lowest BCUT2D eigenvalue weighted by molar-refractivity contribution is -0.230. The topological polar surface area (TPSA) is 46.2 Å². The van der Waals surface area contributed by atoms with Gasteiger partial charge in [-0.1, -0.05) is 76.6 Å². The number of unbranched alkanes of at least 4 members (excludes halogenated alkanes) is 4. The molecular weight excluding hydrogens is 719 g/mol. The quantitative estimate of drug-likeness (QED) is 0.111. The first-order chi connectivity index (χ1) is 28.0. The average molecular weight is 795 g/mol. The monoisotopic (exact) mass is 795 g/mol. The van der Waals surface area contributed by atoms with E-state index in [4.69, 9.17) is 23.7 Å². The number of rotatable bonds is 22. The van der Waals surface area contributed by atoms with Gasteiger partial charge in [-0.3, -0.25) is 0 Å². The largest absolute Gasteiger partial charge is 0.381 e. The summed E-state index contributed by atoms with van der Waals surface area (Å²) >= 11 is 0. The van der Waals surface area contributed by atoms with E-state index in [9.17, 15) is 0 Å². The number of hydrogen-bond acceptors (Lipinski definition) is 5. The number of ether oxygens (including phenoxy) is 5. The van der Waals surface area contributed by atoms with Gasteiger partial charge < -0.3 is 23.7 Å². The second-order valence-corrected chi connectivity index (χ2v) is 18.4. The molecule has 7 heteroatoms. The van der Waals surface area contributed by atoms with Gasteiger partial charge in [-0.2, -0.15) is 0 Å². The highest BCUT2D eigenvalue weighted by Gasteiger charge is 2.34. The van der Waals surface area contributed by atoms with E-state index in [1.807, 2.05) is 12.1 Å². The van der Waals surface area contributed by atoms with Crippen LogP contribution in [-0.4, -0.2) is 52.2 Å². The number of benzene rings is 2. The molecule has 6 rings (SSSR count). The molecule has 0 N–H and O–H groups in total. The van der Waals surface area contributed by atoms with Crippen LogP contribution < -0.4 is 0 Å². The van der Waals surface area contributed by atoms with E-state index in [0.717, 1.165) is 88.9 Å². The van der Waals surface area contributed by atoms with Crippen molar-refractivity contribution in [1.29, 1.82) is 0 Å². The first-order valence-electron chi connectivity index (χ1n) is 23.6. The van der Waals surface area contributed by atoms with Gasteiger partial charge in [-0.25, -0.2) is 8.78 Å². The van der Waals surface area contributed by atoms with Crippen molar-refractivity contribution in [2.75, 3.05) is 39.6 Å². The van der Waals surface area contributed by atoms with Gasteiger partial charge in [0.05, 0.1) is 39.6 Å². The molecule has 0 bridgehead atoms. The van der Waals surface area contributed by atoms with Gasteiger partial charge >= 0.3 is 0 Å². The van der Waals surface area contributed by atoms with Gasteiger partial charge in [0.1, 0.15) is 11.6 Å². The summed E-state index contributed by atoms with van der Waals surface area (Å²) < 4.78 is 60.6. The Balaban J connectivity index is 0.798. The van der Waals surface area contributed by atoms with Gasteiger partial charge in [0, 0.05) is 23.7 Å². The Morgan fingerprint density at radius 3 is 1.26 bits per heavy atom. The zero-order valence-corrected chi connectivity index (χ0v) is 35.7. The fourth-order valence-corrected chi connectivity index (χ4v) is 9.96. The lowest BCUT2D eigenvalue weighted by Gasteiger charge is -2.37. The summed E-state index contributed by atoms with van der Waals surface area (Å²) in [6, 6.07) is 11.4. The number of aryl methyl sites for hydroxylation is 2. The molecule has 0 amide bonds. The van der Waals surface area contributed by atoms with Gasteiger partial charge in [-0.05, 0) is 149 Å². The maximum atomic E-state index is 15.0. The summed E-state index contributed by atoms with van der Waals surface area (Å²) in [4.78, 5) is 0. The normalized spacial score (nSPS) is 28.4. The van der Waals surface area contributed by atoms with Crippen molar-refractivity contribution >= 4 is 0 Å². The van der Waals surface area contributed by atoms with E-state index in [1.54, 1.807) is 12.1 Å². The summed E-state index contributed by atoms with van der Waals surface area (Å²) in [5.74, 6) is 3.23. The fourth-order valence-electron chi connectivity index (χ4n) is 9.96. The van der Waals surface area contributed by atoms with Crippen LogP contribution in [0.1, 0.15) is 152 Å². The van der Waals surface area contributed by atoms with Crippen molar-refractivity contribution in [3.63, 3.8) is 0 Å². The van der Waals surface area contributed by atoms with Crippen LogP contribution in [0.2, 0.25) is 0 Å². The lowest BCUT2D eigenvalue weighted by Crippen LogP contribution is -2.38. The van der Waals surface area contributed by atoms with Gasteiger partial charge in [0.15, 0.2) is 12.6 Å². The minimum absolute atomic E-state index is 0.0188. The first kappa shape index (κ1) is 44.6. The van der Waals surface area contributed by atoms with Crippen LogP contribution in [0.15, 0.2) is 36.4 Å². The molecule has 0 atom stereocenters. The van der Waals surface area contributed by atoms with Crippen LogP contribution in [0, 0.1) is 47.1 Å². The van der Waals surface area contributed by atoms with E-state index < -0.39 is 0 Å². The molecule has 2 aromatic rings. The molecule has 2 aliphatic carbocycles. The predicted molar refractivity (Wildman–Crippen MR) is 225 cm³/mol. The molecule has 320 valence electrons.